The van der Waals surface area contributed by atoms with Gasteiger partial charge in [0.05, 0.1) is 5.41 Å². The summed E-state index contributed by atoms with van der Waals surface area (Å²) in [6.07, 6.45) is 5.55. The normalized spacial score (nSPS) is 15.4. The van der Waals surface area contributed by atoms with Crippen LogP contribution in [0.5, 0.6) is 0 Å². The molecule has 0 fully saturated rings. The van der Waals surface area contributed by atoms with Crippen molar-refractivity contribution in [2.45, 2.75) is 46.0 Å². The van der Waals surface area contributed by atoms with Crippen LogP contribution in [-0.4, -0.2) is 11.1 Å². The zero-order valence-electron chi connectivity index (χ0n) is 12.3. The largest absolute Gasteiger partial charge is 0.481 e. The van der Waals surface area contributed by atoms with Gasteiger partial charge in [0, 0.05) is 0 Å². The van der Waals surface area contributed by atoms with E-state index in [1.54, 1.807) is 6.92 Å². The molecule has 0 heterocycles. The van der Waals surface area contributed by atoms with Gasteiger partial charge in [0.1, 0.15) is 0 Å². The van der Waals surface area contributed by atoms with Gasteiger partial charge in [-0.05, 0) is 30.7 Å². The number of aliphatic carboxylic acids is 1. The quantitative estimate of drug-likeness (QED) is 0.796. The summed E-state index contributed by atoms with van der Waals surface area (Å²) in [4.78, 5) is 11.6. The van der Waals surface area contributed by atoms with Crippen molar-refractivity contribution in [3.8, 4) is 0 Å². The van der Waals surface area contributed by atoms with Crippen LogP contribution in [0.15, 0.2) is 42.5 Å². The van der Waals surface area contributed by atoms with Crippen molar-refractivity contribution in [2.24, 2.45) is 5.41 Å². The minimum Gasteiger partial charge on any atom is -0.481 e. The van der Waals surface area contributed by atoms with Gasteiger partial charge >= 0.3 is 5.97 Å². The van der Waals surface area contributed by atoms with Gasteiger partial charge in [-0.15, -0.1) is 0 Å². The molecule has 0 aliphatic rings. The molecule has 1 atom stereocenters. The standard InChI is InChI=1S/C17H24O2/c1-16(2,3)12-8-9-13-17(4,15(18)19)14-10-6-5-7-11-14/h5-11H,12-13H2,1-4H3,(H,18,19)/b9-8+. The van der Waals surface area contributed by atoms with Gasteiger partial charge in [-0.1, -0.05) is 63.3 Å². The molecule has 1 unspecified atom stereocenters. The van der Waals surface area contributed by atoms with Crippen molar-refractivity contribution in [3.63, 3.8) is 0 Å². The molecule has 0 radical (unpaired) electrons. The Morgan fingerprint density at radius 1 is 1.05 bits per heavy atom. The van der Waals surface area contributed by atoms with E-state index in [0.717, 1.165) is 12.0 Å². The lowest BCUT2D eigenvalue weighted by atomic mass is 9.79. The number of carboxylic acid groups (broad SMARTS) is 1. The Morgan fingerprint density at radius 2 is 1.58 bits per heavy atom. The Balaban J connectivity index is 2.82. The Hall–Kier alpha value is -1.57. The van der Waals surface area contributed by atoms with Crippen LogP contribution in [-0.2, 0) is 10.2 Å². The molecule has 104 valence electrons. The van der Waals surface area contributed by atoms with Crippen LogP contribution < -0.4 is 0 Å². The highest BCUT2D eigenvalue weighted by atomic mass is 16.4. The van der Waals surface area contributed by atoms with E-state index in [4.69, 9.17) is 0 Å². The average Bonchev–Trinajstić information content (AvgIpc) is 2.34. The second kappa shape index (κ2) is 6.05. The van der Waals surface area contributed by atoms with E-state index in [1.165, 1.54) is 0 Å². The molecule has 0 bridgehead atoms. The molecule has 0 spiro atoms. The lowest BCUT2D eigenvalue weighted by Crippen LogP contribution is -2.31. The zero-order chi connectivity index (χ0) is 14.5. The van der Waals surface area contributed by atoms with Gasteiger partial charge in [0.15, 0.2) is 0 Å². The molecule has 0 saturated carbocycles. The molecular weight excluding hydrogens is 236 g/mol. The smallest absolute Gasteiger partial charge is 0.314 e. The Bertz CT molecular complexity index is 440. The van der Waals surface area contributed by atoms with Crippen LogP contribution in [0.25, 0.3) is 0 Å². The molecule has 1 rings (SSSR count). The summed E-state index contributed by atoms with van der Waals surface area (Å²) < 4.78 is 0. The number of rotatable bonds is 5. The van der Waals surface area contributed by atoms with Gasteiger partial charge in [0.2, 0.25) is 0 Å². The summed E-state index contributed by atoms with van der Waals surface area (Å²) >= 11 is 0. The highest BCUT2D eigenvalue weighted by Gasteiger charge is 2.33. The van der Waals surface area contributed by atoms with Gasteiger partial charge < -0.3 is 5.11 Å². The number of hydrogen-bond donors (Lipinski definition) is 1. The van der Waals surface area contributed by atoms with E-state index >= 15 is 0 Å². The minimum atomic E-state index is -0.852. The summed E-state index contributed by atoms with van der Waals surface area (Å²) in [6.45, 7) is 8.30. The fourth-order valence-corrected chi connectivity index (χ4v) is 1.89. The molecule has 1 aromatic rings. The number of hydrogen-bond acceptors (Lipinski definition) is 1. The topological polar surface area (TPSA) is 37.3 Å². The third kappa shape index (κ3) is 4.55. The number of allylic oxidation sites excluding steroid dienone is 2. The third-order valence-corrected chi connectivity index (χ3v) is 3.31. The van der Waals surface area contributed by atoms with E-state index in [1.807, 2.05) is 36.4 Å². The second-order valence-corrected chi connectivity index (χ2v) is 6.44. The first-order valence-corrected chi connectivity index (χ1v) is 6.70. The van der Waals surface area contributed by atoms with Crippen molar-refractivity contribution < 1.29 is 9.90 Å². The average molecular weight is 260 g/mol. The summed E-state index contributed by atoms with van der Waals surface area (Å²) in [6, 6.07) is 9.43. The van der Waals surface area contributed by atoms with Gasteiger partial charge in [0.25, 0.3) is 0 Å². The van der Waals surface area contributed by atoms with Gasteiger partial charge in [-0.25, -0.2) is 0 Å². The van der Waals surface area contributed by atoms with Crippen molar-refractivity contribution in [3.05, 3.63) is 48.0 Å². The molecule has 2 heteroatoms. The molecule has 19 heavy (non-hydrogen) atoms. The molecular formula is C17H24O2. The molecule has 0 aliphatic heterocycles. The van der Waals surface area contributed by atoms with Crippen molar-refractivity contribution in [1.82, 2.24) is 0 Å². The first-order valence-electron chi connectivity index (χ1n) is 6.70. The summed E-state index contributed by atoms with van der Waals surface area (Å²) in [5.41, 5.74) is 0.237. The maximum absolute atomic E-state index is 11.6. The van der Waals surface area contributed by atoms with Crippen LogP contribution in [0.3, 0.4) is 0 Å². The predicted octanol–water partition coefficient (Wildman–Crippen LogP) is 4.41. The van der Waals surface area contributed by atoms with Crippen LogP contribution in [0.1, 0.15) is 46.1 Å². The molecule has 0 aliphatic carbocycles. The monoisotopic (exact) mass is 260 g/mol. The number of carbonyl (C=O) groups is 1. The first kappa shape index (κ1) is 15.5. The summed E-state index contributed by atoms with van der Waals surface area (Å²) in [5.74, 6) is -0.779. The highest BCUT2D eigenvalue weighted by Crippen LogP contribution is 2.29. The van der Waals surface area contributed by atoms with E-state index in [0.29, 0.717) is 6.42 Å². The molecule has 2 nitrogen and oxygen atoms in total. The van der Waals surface area contributed by atoms with Gasteiger partial charge in [-0.2, -0.15) is 0 Å². The maximum Gasteiger partial charge on any atom is 0.314 e. The Labute approximate surface area is 116 Å². The van der Waals surface area contributed by atoms with Crippen molar-refractivity contribution >= 4 is 5.97 Å². The third-order valence-electron chi connectivity index (χ3n) is 3.31. The minimum absolute atomic E-state index is 0.239. The highest BCUT2D eigenvalue weighted by molar-refractivity contribution is 5.81. The fraction of sp³-hybridized carbons (Fsp3) is 0.471. The van der Waals surface area contributed by atoms with E-state index in [9.17, 15) is 9.90 Å². The first-order chi connectivity index (χ1) is 8.76. The molecule has 0 saturated heterocycles. The van der Waals surface area contributed by atoms with Crippen molar-refractivity contribution in [2.75, 3.05) is 0 Å². The number of carboxylic acids is 1. The van der Waals surface area contributed by atoms with Crippen molar-refractivity contribution in [1.29, 1.82) is 0 Å². The van der Waals surface area contributed by atoms with Crippen LogP contribution >= 0.6 is 0 Å². The second-order valence-electron chi connectivity index (χ2n) is 6.44. The molecule has 0 aromatic heterocycles. The Morgan fingerprint density at radius 3 is 2.05 bits per heavy atom. The Kier molecular flexibility index (Phi) is 4.93. The maximum atomic E-state index is 11.6. The van der Waals surface area contributed by atoms with Crippen LogP contribution in [0, 0.1) is 5.41 Å². The summed E-state index contributed by atoms with van der Waals surface area (Å²) in [7, 11) is 0. The molecule has 1 N–H and O–H groups in total. The molecule has 1 aromatic carbocycles. The lowest BCUT2D eigenvalue weighted by molar-refractivity contribution is -0.143. The van der Waals surface area contributed by atoms with E-state index in [2.05, 4.69) is 26.8 Å². The van der Waals surface area contributed by atoms with Crippen LogP contribution in [0.2, 0.25) is 0 Å². The van der Waals surface area contributed by atoms with Gasteiger partial charge in [-0.3, -0.25) is 4.79 Å². The fourth-order valence-electron chi connectivity index (χ4n) is 1.89. The zero-order valence-corrected chi connectivity index (χ0v) is 12.3. The van der Waals surface area contributed by atoms with Crippen LogP contribution in [0.4, 0.5) is 0 Å². The lowest BCUT2D eigenvalue weighted by Gasteiger charge is -2.24. The van der Waals surface area contributed by atoms with E-state index < -0.39 is 11.4 Å². The number of benzene rings is 1. The SMILES string of the molecule is CC(C)(C)C/C=C/CC(C)(C(=O)O)c1ccccc1. The molecule has 0 amide bonds. The predicted molar refractivity (Wildman–Crippen MR) is 79.3 cm³/mol. The summed E-state index contributed by atoms with van der Waals surface area (Å²) in [5, 5.41) is 9.51. The van der Waals surface area contributed by atoms with E-state index in [-0.39, 0.29) is 5.41 Å².